The van der Waals surface area contributed by atoms with E-state index in [1.54, 1.807) is 28.8 Å². The van der Waals surface area contributed by atoms with Gasteiger partial charge in [0.05, 0.1) is 12.1 Å². The summed E-state index contributed by atoms with van der Waals surface area (Å²) in [5, 5.41) is 2.80. The number of pyridine rings is 1. The molecule has 37 heavy (non-hydrogen) atoms. The van der Waals surface area contributed by atoms with Crippen LogP contribution in [-0.2, 0) is 22.4 Å². The first-order valence-corrected chi connectivity index (χ1v) is 12.4. The van der Waals surface area contributed by atoms with E-state index in [9.17, 15) is 18.8 Å². The molecule has 0 aliphatic carbocycles. The Kier molecular flexibility index (Phi) is 7.57. The molecule has 2 atom stereocenters. The quantitative estimate of drug-likeness (QED) is 0.526. The average Bonchev–Trinajstić information content (AvgIpc) is 2.85. The van der Waals surface area contributed by atoms with Gasteiger partial charge in [-0.3, -0.25) is 14.4 Å². The number of carbonyl (C=O) groups excluding carboxylic acids is 2. The summed E-state index contributed by atoms with van der Waals surface area (Å²) in [6.45, 7) is 3.86. The van der Waals surface area contributed by atoms with Crippen LogP contribution in [-0.4, -0.2) is 41.4 Å². The molecule has 3 aromatic rings. The summed E-state index contributed by atoms with van der Waals surface area (Å²) in [6, 6.07) is 13.2. The van der Waals surface area contributed by atoms with Gasteiger partial charge in [-0.1, -0.05) is 50.2 Å². The number of likely N-dealkylation sites (N-methyl/N-ethyl adjacent to an activating group) is 1. The van der Waals surface area contributed by atoms with Crippen LogP contribution in [0.3, 0.4) is 0 Å². The monoisotopic (exact) mass is 507 g/mol. The maximum atomic E-state index is 15.8. The molecule has 2 amide bonds. The van der Waals surface area contributed by atoms with Gasteiger partial charge in [0.1, 0.15) is 11.6 Å². The number of carbonyl (C=O) groups is 2. The molecule has 2 aromatic carbocycles. The number of nitrogens with one attached hydrogen (secondary N) is 1. The van der Waals surface area contributed by atoms with Crippen molar-refractivity contribution in [2.24, 2.45) is 0 Å². The van der Waals surface area contributed by atoms with E-state index in [1.165, 1.54) is 37.2 Å². The van der Waals surface area contributed by atoms with Crippen LogP contribution in [0, 0.1) is 11.6 Å². The molecule has 0 bridgehead atoms. The number of aromatic nitrogens is 1. The van der Waals surface area contributed by atoms with Gasteiger partial charge in [0.2, 0.25) is 0 Å². The van der Waals surface area contributed by atoms with E-state index >= 15 is 4.39 Å². The molecule has 194 valence electrons. The van der Waals surface area contributed by atoms with Gasteiger partial charge in [0, 0.05) is 30.9 Å². The van der Waals surface area contributed by atoms with E-state index < -0.39 is 35.5 Å². The highest BCUT2D eigenvalue weighted by atomic mass is 19.1. The topological polar surface area (TPSA) is 71.4 Å². The van der Waals surface area contributed by atoms with Crippen LogP contribution < -0.4 is 10.9 Å². The Hall–Kier alpha value is -3.81. The fraction of sp³-hybridized carbons (Fsp3) is 0.345. The summed E-state index contributed by atoms with van der Waals surface area (Å²) in [6.07, 6.45) is 1.12. The molecular weight excluding hydrogens is 476 g/mol. The molecule has 1 aliphatic heterocycles. The van der Waals surface area contributed by atoms with Crippen molar-refractivity contribution in [1.82, 2.24) is 14.8 Å². The van der Waals surface area contributed by atoms with Gasteiger partial charge < -0.3 is 14.8 Å². The molecule has 0 fully saturated rings. The largest absolute Gasteiger partial charge is 0.343 e. The Balaban J connectivity index is 1.79. The SMILES string of the molecule is CC(C)c1ccc2n(c1=O)C(Cc1cccc(-c3cccc(F)c3)c1F)C(NC(=O)C(=O)N(C)C)CC2. The number of halogens is 2. The fourth-order valence-electron chi connectivity index (χ4n) is 4.97. The molecule has 1 N–H and O–H groups in total. The first kappa shape index (κ1) is 26.3. The zero-order valence-electron chi connectivity index (χ0n) is 21.4. The molecular formula is C29H31F2N3O3. The number of benzene rings is 2. The van der Waals surface area contributed by atoms with E-state index in [0.717, 1.165) is 5.69 Å². The highest BCUT2D eigenvalue weighted by Crippen LogP contribution is 2.32. The lowest BCUT2D eigenvalue weighted by molar-refractivity contribution is -0.144. The number of rotatable bonds is 5. The number of fused-ring (bicyclic) bond motifs is 1. The predicted octanol–water partition coefficient (Wildman–Crippen LogP) is 4.22. The molecule has 0 spiro atoms. The first-order chi connectivity index (χ1) is 17.6. The van der Waals surface area contributed by atoms with Gasteiger partial charge >= 0.3 is 11.8 Å². The molecule has 1 aliphatic rings. The minimum atomic E-state index is -0.773. The summed E-state index contributed by atoms with van der Waals surface area (Å²) in [5.41, 5.74) is 2.23. The zero-order valence-corrected chi connectivity index (χ0v) is 21.4. The lowest BCUT2D eigenvalue weighted by Crippen LogP contribution is -2.52. The maximum absolute atomic E-state index is 15.8. The second kappa shape index (κ2) is 10.7. The molecule has 2 heterocycles. The van der Waals surface area contributed by atoms with Gasteiger partial charge in [0.25, 0.3) is 5.56 Å². The van der Waals surface area contributed by atoms with Crippen LogP contribution in [0.5, 0.6) is 0 Å². The van der Waals surface area contributed by atoms with Crippen LogP contribution in [0.1, 0.15) is 49.0 Å². The molecule has 0 saturated carbocycles. The minimum absolute atomic E-state index is 0.0238. The third-order valence-corrected chi connectivity index (χ3v) is 6.92. The molecule has 4 rings (SSSR count). The van der Waals surface area contributed by atoms with Crippen molar-refractivity contribution in [3.05, 3.63) is 93.4 Å². The second-order valence-corrected chi connectivity index (χ2v) is 9.99. The fourth-order valence-corrected chi connectivity index (χ4v) is 4.97. The van der Waals surface area contributed by atoms with Crippen LogP contribution in [0.2, 0.25) is 0 Å². The van der Waals surface area contributed by atoms with E-state index in [1.807, 2.05) is 26.0 Å². The number of nitrogens with zero attached hydrogens (tertiary/aromatic N) is 2. The number of hydrogen-bond acceptors (Lipinski definition) is 3. The Bertz CT molecular complexity index is 1400. The molecule has 2 unspecified atom stereocenters. The Morgan fingerprint density at radius 3 is 2.49 bits per heavy atom. The third-order valence-electron chi connectivity index (χ3n) is 6.92. The minimum Gasteiger partial charge on any atom is -0.343 e. The summed E-state index contributed by atoms with van der Waals surface area (Å²) < 4.78 is 31.3. The Morgan fingerprint density at radius 2 is 1.81 bits per heavy atom. The average molecular weight is 508 g/mol. The highest BCUT2D eigenvalue weighted by molar-refractivity contribution is 6.34. The number of hydrogen-bond donors (Lipinski definition) is 1. The van der Waals surface area contributed by atoms with E-state index in [-0.39, 0.29) is 23.5 Å². The summed E-state index contributed by atoms with van der Waals surface area (Å²) in [5.74, 6) is -2.48. The van der Waals surface area contributed by atoms with Crippen molar-refractivity contribution in [1.29, 1.82) is 0 Å². The van der Waals surface area contributed by atoms with Crippen LogP contribution in [0.25, 0.3) is 11.1 Å². The second-order valence-electron chi connectivity index (χ2n) is 9.99. The molecule has 0 saturated heterocycles. The molecule has 0 radical (unpaired) electrons. The van der Waals surface area contributed by atoms with Crippen LogP contribution in [0.4, 0.5) is 8.78 Å². The van der Waals surface area contributed by atoms with E-state index in [4.69, 9.17) is 0 Å². The van der Waals surface area contributed by atoms with Crippen molar-refractivity contribution in [3.8, 4) is 11.1 Å². The van der Waals surface area contributed by atoms with E-state index in [0.29, 0.717) is 29.5 Å². The zero-order chi connectivity index (χ0) is 26.9. The summed E-state index contributed by atoms with van der Waals surface area (Å²) in [7, 11) is 2.98. The number of amides is 2. The molecule has 8 heteroatoms. The lowest BCUT2D eigenvalue weighted by Gasteiger charge is -2.36. The maximum Gasteiger partial charge on any atom is 0.311 e. The van der Waals surface area contributed by atoms with Crippen LogP contribution in [0.15, 0.2) is 59.4 Å². The van der Waals surface area contributed by atoms with Gasteiger partial charge in [-0.25, -0.2) is 8.78 Å². The summed E-state index contributed by atoms with van der Waals surface area (Å²) >= 11 is 0. The standard InChI is InChI=1S/C29H31F2N3O3/c1-17(2)22-13-11-21-12-14-24(32-27(35)29(37)33(3)4)25(34(21)28(22)36)16-19-8-6-10-23(26(19)31)18-7-5-9-20(30)15-18/h5-11,13,15,17,24-25H,12,14,16H2,1-4H3,(H,32,35). The van der Waals surface area contributed by atoms with Gasteiger partial charge in [-0.15, -0.1) is 0 Å². The number of aryl methyl sites for hydroxylation is 1. The van der Waals surface area contributed by atoms with Crippen molar-refractivity contribution < 1.29 is 18.4 Å². The summed E-state index contributed by atoms with van der Waals surface area (Å²) in [4.78, 5) is 39.7. The highest BCUT2D eigenvalue weighted by Gasteiger charge is 2.34. The van der Waals surface area contributed by atoms with Crippen molar-refractivity contribution in [2.75, 3.05) is 14.1 Å². The van der Waals surface area contributed by atoms with Gasteiger partial charge in [-0.05, 0) is 54.5 Å². The van der Waals surface area contributed by atoms with Gasteiger partial charge in [0.15, 0.2) is 0 Å². The van der Waals surface area contributed by atoms with Crippen molar-refractivity contribution in [3.63, 3.8) is 0 Å². The Morgan fingerprint density at radius 1 is 1.08 bits per heavy atom. The normalized spacial score (nSPS) is 16.8. The molecule has 1 aromatic heterocycles. The first-order valence-electron chi connectivity index (χ1n) is 12.4. The van der Waals surface area contributed by atoms with Crippen LogP contribution >= 0.6 is 0 Å². The smallest absolute Gasteiger partial charge is 0.311 e. The van der Waals surface area contributed by atoms with Crippen molar-refractivity contribution in [2.45, 2.75) is 51.1 Å². The predicted molar refractivity (Wildman–Crippen MR) is 138 cm³/mol. The van der Waals surface area contributed by atoms with E-state index in [2.05, 4.69) is 5.32 Å². The van der Waals surface area contributed by atoms with Gasteiger partial charge in [-0.2, -0.15) is 0 Å². The Labute approximate surface area is 214 Å². The lowest BCUT2D eigenvalue weighted by atomic mass is 9.88. The molecule has 6 nitrogen and oxygen atoms in total. The third kappa shape index (κ3) is 5.33. The van der Waals surface area contributed by atoms with Crippen molar-refractivity contribution >= 4 is 11.8 Å².